The van der Waals surface area contributed by atoms with Crippen LogP contribution in [-0.4, -0.2) is 24.6 Å². The first-order valence-corrected chi connectivity index (χ1v) is 6.43. The van der Waals surface area contributed by atoms with Crippen LogP contribution in [0.3, 0.4) is 0 Å². The molecule has 0 saturated carbocycles. The fourth-order valence-corrected chi connectivity index (χ4v) is 2.30. The summed E-state index contributed by atoms with van der Waals surface area (Å²) in [5.74, 6) is -0.887. The van der Waals surface area contributed by atoms with Gasteiger partial charge in [0.05, 0.1) is 10.9 Å². The molecule has 4 nitrogen and oxygen atoms in total. The molecule has 0 atom stereocenters. The molecule has 1 fully saturated rings. The quantitative estimate of drug-likeness (QED) is 0.769. The number of alkyl halides is 3. The van der Waals surface area contributed by atoms with Crippen molar-refractivity contribution in [3.63, 3.8) is 0 Å². The molecule has 1 aliphatic heterocycles. The normalized spacial score (nSPS) is 16.5. The molecule has 1 aromatic rings. The van der Waals surface area contributed by atoms with Crippen LogP contribution in [0.5, 0.6) is 5.75 Å². The van der Waals surface area contributed by atoms with E-state index in [9.17, 15) is 22.8 Å². The molecule has 0 N–H and O–H groups in total. The third kappa shape index (κ3) is 3.50. The summed E-state index contributed by atoms with van der Waals surface area (Å²) < 4.78 is 40.3. The average molecular weight is 352 g/mol. The number of nitrogens with zero attached hydrogens (tertiary/aromatic N) is 1. The zero-order valence-electron chi connectivity index (χ0n) is 10.0. The number of piperidine rings is 1. The molecule has 2 rings (SSSR count). The van der Waals surface area contributed by atoms with E-state index in [0.29, 0.717) is 5.69 Å². The maximum Gasteiger partial charge on any atom is 0.573 e. The Balaban J connectivity index is 2.21. The zero-order chi connectivity index (χ0) is 14.9. The van der Waals surface area contributed by atoms with E-state index in [1.165, 1.54) is 17.0 Å². The first-order chi connectivity index (χ1) is 9.26. The van der Waals surface area contributed by atoms with E-state index >= 15 is 0 Å². The molecule has 0 unspecified atom stereocenters. The second kappa shape index (κ2) is 5.43. The van der Waals surface area contributed by atoms with Gasteiger partial charge in [0.1, 0.15) is 11.5 Å². The number of anilines is 1. The third-order valence-electron chi connectivity index (χ3n) is 2.72. The molecule has 1 amide bonds. The van der Waals surface area contributed by atoms with Gasteiger partial charge in [-0.2, -0.15) is 0 Å². The van der Waals surface area contributed by atoms with Crippen LogP contribution < -0.4 is 9.64 Å². The van der Waals surface area contributed by atoms with Crippen molar-refractivity contribution in [1.29, 1.82) is 0 Å². The van der Waals surface area contributed by atoms with Crippen LogP contribution in [-0.2, 0) is 9.59 Å². The molecule has 0 radical (unpaired) electrons. The Morgan fingerprint density at radius 3 is 2.50 bits per heavy atom. The SMILES string of the molecule is O=C1CCN(c2ccc(OC(F)(F)F)c(Br)c2)C(=O)C1. The highest BCUT2D eigenvalue weighted by atomic mass is 79.9. The highest BCUT2D eigenvalue weighted by Gasteiger charge is 2.32. The average Bonchev–Trinajstić information content (AvgIpc) is 2.30. The first kappa shape index (κ1) is 14.8. The number of carbonyl (C=O) groups excluding carboxylic acids is 2. The van der Waals surface area contributed by atoms with Gasteiger partial charge in [0.15, 0.2) is 0 Å². The van der Waals surface area contributed by atoms with Crippen LogP contribution in [0, 0.1) is 0 Å². The molecule has 1 aliphatic rings. The van der Waals surface area contributed by atoms with Gasteiger partial charge in [0, 0.05) is 18.7 Å². The van der Waals surface area contributed by atoms with E-state index in [4.69, 9.17) is 0 Å². The van der Waals surface area contributed by atoms with E-state index in [0.717, 1.165) is 6.07 Å². The van der Waals surface area contributed by atoms with Crippen molar-refractivity contribution in [2.45, 2.75) is 19.2 Å². The number of benzene rings is 1. The number of rotatable bonds is 2. The molecule has 0 aromatic heterocycles. The van der Waals surface area contributed by atoms with Crippen LogP contribution in [0.25, 0.3) is 0 Å². The van der Waals surface area contributed by atoms with Gasteiger partial charge in [-0.05, 0) is 34.1 Å². The summed E-state index contributed by atoms with van der Waals surface area (Å²) in [6.45, 7) is 0.226. The lowest BCUT2D eigenvalue weighted by Gasteiger charge is -2.26. The Morgan fingerprint density at radius 2 is 1.95 bits per heavy atom. The van der Waals surface area contributed by atoms with Crippen molar-refractivity contribution >= 4 is 33.3 Å². The minimum absolute atomic E-state index is 0.0806. The highest BCUT2D eigenvalue weighted by Crippen LogP contribution is 2.34. The molecular formula is C12H9BrF3NO3. The second-order valence-corrected chi connectivity index (χ2v) is 5.03. The fraction of sp³-hybridized carbons (Fsp3) is 0.333. The predicted molar refractivity (Wildman–Crippen MR) is 67.4 cm³/mol. The first-order valence-electron chi connectivity index (χ1n) is 5.63. The highest BCUT2D eigenvalue weighted by molar-refractivity contribution is 9.10. The number of ketones is 1. The number of halogens is 4. The molecule has 1 heterocycles. The molecule has 0 aliphatic carbocycles. The van der Waals surface area contributed by atoms with Gasteiger partial charge < -0.3 is 9.64 Å². The summed E-state index contributed by atoms with van der Waals surface area (Å²) in [6, 6.07) is 3.82. The molecule has 8 heteroatoms. The van der Waals surface area contributed by atoms with Crippen molar-refractivity contribution in [2.24, 2.45) is 0 Å². The number of hydrogen-bond donors (Lipinski definition) is 0. The van der Waals surface area contributed by atoms with Gasteiger partial charge in [-0.25, -0.2) is 0 Å². The Bertz CT molecular complexity index is 559. The van der Waals surface area contributed by atoms with Crippen molar-refractivity contribution < 1.29 is 27.5 Å². The van der Waals surface area contributed by atoms with Crippen molar-refractivity contribution in [3.8, 4) is 5.75 Å². The Hall–Kier alpha value is -1.57. The molecule has 0 bridgehead atoms. The number of ether oxygens (including phenoxy) is 1. The van der Waals surface area contributed by atoms with Crippen LogP contribution in [0.2, 0.25) is 0 Å². The van der Waals surface area contributed by atoms with Crippen LogP contribution in [0.4, 0.5) is 18.9 Å². The molecule has 20 heavy (non-hydrogen) atoms. The van der Waals surface area contributed by atoms with Gasteiger partial charge in [-0.15, -0.1) is 13.2 Å². The smallest absolute Gasteiger partial charge is 0.405 e. The Morgan fingerprint density at radius 1 is 1.25 bits per heavy atom. The Kier molecular flexibility index (Phi) is 4.03. The second-order valence-electron chi connectivity index (χ2n) is 4.17. The fourth-order valence-electron chi connectivity index (χ4n) is 1.85. The lowest BCUT2D eigenvalue weighted by molar-refractivity contribution is -0.274. The van der Waals surface area contributed by atoms with E-state index in [2.05, 4.69) is 20.7 Å². The van der Waals surface area contributed by atoms with E-state index in [1.54, 1.807) is 0 Å². The largest absolute Gasteiger partial charge is 0.573 e. The van der Waals surface area contributed by atoms with Crippen LogP contribution in [0.1, 0.15) is 12.8 Å². The lowest BCUT2D eigenvalue weighted by Crippen LogP contribution is -2.39. The predicted octanol–water partition coefficient (Wildman–Crippen LogP) is 3.04. The number of amides is 1. The van der Waals surface area contributed by atoms with Gasteiger partial charge in [-0.3, -0.25) is 9.59 Å². The topological polar surface area (TPSA) is 46.6 Å². The summed E-state index contributed by atoms with van der Waals surface area (Å²) >= 11 is 2.97. The standard InChI is InChI=1S/C12H9BrF3NO3/c13-9-5-7(1-2-10(9)20-12(14,15)16)17-4-3-8(18)6-11(17)19/h1-2,5H,3-4,6H2. The van der Waals surface area contributed by atoms with Gasteiger partial charge in [0.2, 0.25) is 5.91 Å². The summed E-state index contributed by atoms with van der Waals surface area (Å²) in [4.78, 5) is 24.2. The Labute approximate surface area is 120 Å². The van der Waals surface area contributed by atoms with E-state index in [1.807, 2.05) is 0 Å². The molecular weight excluding hydrogens is 343 g/mol. The molecule has 1 saturated heterocycles. The van der Waals surface area contributed by atoms with Crippen LogP contribution in [0.15, 0.2) is 22.7 Å². The monoisotopic (exact) mass is 351 g/mol. The van der Waals surface area contributed by atoms with Gasteiger partial charge in [0.25, 0.3) is 0 Å². The zero-order valence-corrected chi connectivity index (χ0v) is 11.6. The maximum atomic E-state index is 12.1. The van der Waals surface area contributed by atoms with Crippen molar-refractivity contribution in [3.05, 3.63) is 22.7 Å². The number of carbonyl (C=O) groups is 2. The van der Waals surface area contributed by atoms with Crippen LogP contribution >= 0.6 is 15.9 Å². The number of Topliss-reactive ketones (excluding diaryl/α,β-unsaturated/α-hetero) is 1. The maximum absolute atomic E-state index is 12.1. The molecule has 1 aromatic carbocycles. The van der Waals surface area contributed by atoms with E-state index < -0.39 is 6.36 Å². The van der Waals surface area contributed by atoms with Crippen molar-refractivity contribution in [2.75, 3.05) is 11.4 Å². The number of hydrogen-bond acceptors (Lipinski definition) is 3. The molecule has 108 valence electrons. The summed E-state index contributed by atoms with van der Waals surface area (Å²) in [5, 5.41) is 0. The van der Waals surface area contributed by atoms with E-state index in [-0.39, 0.29) is 41.3 Å². The summed E-state index contributed by atoms with van der Waals surface area (Å²) in [6.07, 6.45) is -4.72. The third-order valence-corrected chi connectivity index (χ3v) is 3.34. The lowest BCUT2D eigenvalue weighted by atomic mass is 10.1. The van der Waals surface area contributed by atoms with Gasteiger partial charge >= 0.3 is 6.36 Å². The van der Waals surface area contributed by atoms with Gasteiger partial charge in [-0.1, -0.05) is 0 Å². The minimum Gasteiger partial charge on any atom is -0.405 e. The minimum atomic E-state index is -4.78. The molecule has 0 spiro atoms. The van der Waals surface area contributed by atoms with Crippen molar-refractivity contribution in [1.82, 2.24) is 0 Å². The summed E-state index contributed by atoms with van der Waals surface area (Å²) in [7, 11) is 0. The summed E-state index contributed by atoms with van der Waals surface area (Å²) in [5.41, 5.74) is 0.420.